The van der Waals surface area contributed by atoms with E-state index in [1.54, 1.807) is 23.1 Å². The van der Waals surface area contributed by atoms with Gasteiger partial charge in [0.2, 0.25) is 0 Å². The predicted molar refractivity (Wildman–Crippen MR) is 131 cm³/mol. The third kappa shape index (κ3) is 5.14. The van der Waals surface area contributed by atoms with Crippen LogP contribution < -0.4 is 21.7 Å². The number of aromatic nitrogens is 4. The second-order valence-electron chi connectivity index (χ2n) is 8.16. The fourth-order valence-electron chi connectivity index (χ4n) is 3.93. The summed E-state index contributed by atoms with van der Waals surface area (Å²) in [7, 11) is 0. The van der Waals surface area contributed by atoms with Gasteiger partial charge in [-0.2, -0.15) is 5.10 Å². The van der Waals surface area contributed by atoms with E-state index >= 15 is 0 Å². The first-order valence-electron chi connectivity index (χ1n) is 11.5. The molecule has 35 heavy (non-hydrogen) atoms. The van der Waals surface area contributed by atoms with Gasteiger partial charge in [-0.25, -0.2) is 14.5 Å². The van der Waals surface area contributed by atoms with E-state index in [0.29, 0.717) is 48.2 Å². The maximum atomic E-state index is 11.3. The van der Waals surface area contributed by atoms with Crippen molar-refractivity contribution in [1.29, 1.82) is 0 Å². The van der Waals surface area contributed by atoms with Crippen LogP contribution in [0, 0.1) is 0 Å². The van der Waals surface area contributed by atoms with E-state index in [-0.39, 0.29) is 6.29 Å². The Morgan fingerprint density at radius 1 is 1.37 bits per heavy atom. The lowest BCUT2D eigenvalue weighted by Gasteiger charge is -2.22. The highest BCUT2D eigenvalue weighted by molar-refractivity contribution is 6.08. The van der Waals surface area contributed by atoms with E-state index in [2.05, 4.69) is 26.0 Å². The summed E-state index contributed by atoms with van der Waals surface area (Å²) in [6, 6.07) is 3.86. The standard InChI is InChI=1S/C23H27N9O3/c24-10-17(11-25-5-8-35-21-3-1-2-7-34-21)19-13-26-22-23(28-19)32(30-29-22)14-16-4-6-31-20(9-16)18(15-33)12-27-31/h4,6,9-13,15,21,30H,1-3,5,7-8,14,24H2,(H,26,29). The number of rotatable bonds is 9. The Bertz CT molecular complexity index is 1250. The molecule has 0 spiro atoms. The molecule has 0 aromatic carbocycles. The zero-order chi connectivity index (χ0) is 24.0. The molecule has 1 unspecified atom stereocenters. The first-order valence-corrected chi connectivity index (χ1v) is 11.5. The zero-order valence-electron chi connectivity index (χ0n) is 19.1. The number of aldehydes is 1. The molecule has 1 atom stereocenters. The average molecular weight is 478 g/mol. The average Bonchev–Trinajstić information content (AvgIpc) is 3.50. The Morgan fingerprint density at radius 3 is 3.14 bits per heavy atom. The van der Waals surface area contributed by atoms with Crippen LogP contribution in [0.4, 0.5) is 11.6 Å². The van der Waals surface area contributed by atoms with Crippen molar-refractivity contribution < 1.29 is 14.3 Å². The van der Waals surface area contributed by atoms with Gasteiger partial charge in [0.05, 0.1) is 48.9 Å². The number of nitrogens with two attached hydrogens (primary N) is 1. The minimum Gasteiger partial charge on any atom is -0.404 e. The van der Waals surface area contributed by atoms with E-state index in [0.717, 1.165) is 43.2 Å². The fraction of sp³-hybridized carbons (Fsp3) is 0.348. The summed E-state index contributed by atoms with van der Waals surface area (Å²) in [5.74, 6) is 1.22. The molecule has 1 fully saturated rings. The third-order valence-corrected chi connectivity index (χ3v) is 5.77. The molecular formula is C23H27N9O3. The van der Waals surface area contributed by atoms with Crippen molar-refractivity contribution >= 4 is 35.2 Å². The largest absolute Gasteiger partial charge is 0.404 e. The molecule has 0 aliphatic carbocycles. The smallest absolute Gasteiger partial charge is 0.190 e. The van der Waals surface area contributed by atoms with Crippen molar-refractivity contribution in [1.82, 2.24) is 25.1 Å². The monoisotopic (exact) mass is 477 g/mol. The molecule has 0 saturated carbocycles. The van der Waals surface area contributed by atoms with E-state index in [1.165, 1.54) is 6.20 Å². The first-order chi connectivity index (χ1) is 17.2. The van der Waals surface area contributed by atoms with Gasteiger partial charge >= 0.3 is 0 Å². The third-order valence-electron chi connectivity index (χ3n) is 5.77. The van der Waals surface area contributed by atoms with Gasteiger partial charge in [-0.1, -0.05) is 0 Å². The summed E-state index contributed by atoms with van der Waals surface area (Å²) in [5, 5.41) is 6.01. The number of anilines is 2. The number of hydrogen-bond donors (Lipinski definition) is 3. The van der Waals surface area contributed by atoms with Crippen LogP contribution in [0.3, 0.4) is 0 Å². The van der Waals surface area contributed by atoms with Crippen LogP contribution in [0.1, 0.15) is 40.9 Å². The number of fused-ring (bicyclic) bond motifs is 2. The Balaban J connectivity index is 1.24. The van der Waals surface area contributed by atoms with Crippen molar-refractivity contribution in [2.45, 2.75) is 32.1 Å². The quantitative estimate of drug-likeness (QED) is 0.237. The molecule has 3 aromatic heterocycles. The molecule has 5 heterocycles. The van der Waals surface area contributed by atoms with Gasteiger partial charge in [-0.3, -0.25) is 20.2 Å². The highest BCUT2D eigenvalue weighted by atomic mass is 16.7. The molecule has 1 saturated heterocycles. The number of hydrazine groups is 2. The second-order valence-corrected chi connectivity index (χ2v) is 8.16. The molecule has 2 aliphatic rings. The maximum Gasteiger partial charge on any atom is 0.190 e. The van der Waals surface area contributed by atoms with Gasteiger partial charge in [-0.05, 0) is 37.0 Å². The molecule has 5 rings (SSSR count). The number of nitrogens with zero attached hydrogens (tertiary/aromatic N) is 6. The Morgan fingerprint density at radius 2 is 2.31 bits per heavy atom. The molecule has 4 N–H and O–H groups in total. The minimum absolute atomic E-state index is 0.128. The predicted octanol–water partition coefficient (Wildman–Crippen LogP) is 1.70. The van der Waals surface area contributed by atoms with E-state index in [1.807, 2.05) is 23.3 Å². The normalized spacial score (nSPS) is 18.2. The van der Waals surface area contributed by atoms with Gasteiger partial charge in [0.1, 0.15) is 0 Å². The highest BCUT2D eigenvalue weighted by Crippen LogP contribution is 2.27. The van der Waals surface area contributed by atoms with Gasteiger partial charge in [0, 0.05) is 30.8 Å². The van der Waals surface area contributed by atoms with Gasteiger partial charge < -0.3 is 15.2 Å². The van der Waals surface area contributed by atoms with Gasteiger partial charge in [-0.15, -0.1) is 5.53 Å². The molecule has 182 valence electrons. The van der Waals surface area contributed by atoms with Crippen LogP contribution in [0.5, 0.6) is 0 Å². The molecule has 0 radical (unpaired) electrons. The topological polar surface area (TPSA) is 144 Å². The molecule has 3 aromatic rings. The molecular weight excluding hydrogens is 450 g/mol. The van der Waals surface area contributed by atoms with E-state index < -0.39 is 0 Å². The zero-order valence-corrected chi connectivity index (χ0v) is 19.1. The lowest BCUT2D eigenvalue weighted by Crippen LogP contribution is -2.35. The van der Waals surface area contributed by atoms with E-state index in [9.17, 15) is 4.79 Å². The Labute approximate surface area is 201 Å². The molecule has 0 amide bonds. The van der Waals surface area contributed by atoms with Crippen LogP contribution >= 0.6 is 0 Å². The Kier molecular flexibility index (Phi) is 6.93. The molecule has 2 aliphatic heterocycles. The van der Waals surface area contributed by atoms with Crippen LogP contribution in [0.15, 0.2) is 41.9 Å². The SMILES string of the molecule is NC=C(C=NCCOC1CCCCO1)c1cnc2c(n1)N(Cc1ccn3ncc(C=O)c3c1)NN2. The second kappa shape index (κ2) is 10.6. The number of aliphatic imine (C=N–C) groups is 1. The van der Waals surface area contributed by atoms with Crippen molar-refractivity contribution in [2.24, 2.45) is 10.7 Å². The van der Waals surface area contributed by atoms with Gasteiger partial charge in [0.15, 0.2) is 24.2 Å². The van der Waals surface area contributed by atoms with E-state index in [4.69, 9.17) is 20.2 Å². The fourth-order valence-corrected chi connectivity index (χ4v) is 3.93. The highest BCUT2D eigenvalue weighted by Gasteiger charge is 2.23. The summed E-state index contributed by atoms with van der Waals surface area (Å²) in [6.45, 7) is 2.20. The number of hydrogen-bond acceptors (Lipinski definition) is 11. The van der Waals surface area contributed by atoms with Crippen LogP contribution in [0.25, 0.3) is 11.1 Å². The number of carbonyl (C=O) groups is 1. The van der Waals surface area contributed by atoms with Crippen molar-refractivity contribution in [3.05, 3.63) is 53.7 Å². The minimum atomic E-state index is -0.128. The summed E-state index contributed by atoms with van der Waals surface area (Å²) in [4.78, 5) is 24.9. The number of carbonyl (C=O) groups excluding carboxylic acids is 1. The molecule has 12 nitrogen and oxygen atoms in total. The number of allylic oxidation sites excluding steroid dienone is 1. The summed E-state index contributed by atoms with van der Waals surface area (Å²) < 4.78 is 12.9. The number of pyridine rings is 1. The maximum absolute atomic E-state index is 11.3. The lowest BCUT2D eigenvalue weighted by molar-refractivity contribution is -0.160. The van der Waals surface area contributed by atoms with Crippen LogP contribution in [-0.4, -0.2) is 58.1 Å². The molecule has 0 bridgehead atoms. The van der Waals surface area contributed by atoms with Crippen LogP contribution in [-0.2, 0) is 16.0 Å². The van der Waals surface area contributed by atoms with Gasteiger partial charge in [0.25, 0.3) is 0 Å². The lowest BCUT2D eigenvalue weighted by atomic mass is 10.2. The summed E-state index contributed by atoms with van der Waals surface area (Å²) >= 11 is 0. The van der Waals surface area contributed by atoms with Crippen molar-refractivity contribution in [2.75, 3.05) is 30.2 Å². The summed E-state index contributed by atoms with van der Waals surface area (Å²) in [5.41, 5.74) is 15.4. The van der Waals surface area contributed by atoms with Crippen LogP contribution in [0.2, 0.25) is 0 Å². The van der Waals surface area contributed by atoms with Crippen molar-refractivity contribution in [3.8, 4) is 0 Å². The van der Waals surface area contributed by atoms with Crippen molar-refractivity contribution in [3.63, 3.8) is 0 Å². The first kappa shape index (κ1) is 22.9. The molecule has 12 heteroatoms. The number of nitrogens with one attached hydrogen (secondary N) is 2. The Hall–Kier alpha value is -3.87. The summed E-state index contributed by atoms with van der Waals surface area (Å²) in [6.07, 6.45) is 12.0. The number of ether oxygens (including phenoxy) is 2.